The van der Waals surface area contributed by atoms with E-state index in [-0.39, 0.29) is 0 Å². The van der Waals surface area contributed by atoms with Crippen LogP contribution in [0.25, 0.3) is 11.1 Å². The second-order valence-electron chi connectivity index (χ2n) is 10.2. The summed E-state index contributed by atoms with van der Waals surface area (Å²) in [7, 11) is 3.39. The number of ether oxygens (including phenoxy) is 3. The molecule has 0 unspecified atom stereocenters. The maximum absolute atomic E-state index is 6.12. The van der Waals surface area contributed by atoms with Crippen molar-refractivity contribution in [3.8, 4) is 17.2 Å². The monoisotopic (exact) mass is 540 g/mol. The first-order chi connectivity index (χ1) is 20.1. The van der Waals surface area contributed by atoms with E-state index >= 15 is 0 Å². The standard InChI is InChI=1S/C38H36O3/c1-27(2)35-12-8-9-13-36(35)38(31-16-22-33(40-4)23-17-31)37(29-14-20-32(39-3)21-15-29)30-18-24-34(25-19-30)41-26-28-10-6-5-7-11-28/h5-25,27H,26H2,1-4H3/b38-37+. The molecule has 0 spiro atoms. The van der Waals surface area contributed by atoms with Gasteiger partial charge in [-0.15, -0.1) is 0 Å². The summed E-state index contributed by atoms with van der Waals surface area (Å²) in [5.41, 5.74) is 9.28. The fraction of sp³-hybridized carbons (Fsp3) is 0.158. The van der Waals surface area contributed by atoms with Crippen molar-refractivity contribution in [1.82, 2.24) is 0 Å². The van der Waals surface area contributed by atoms with Gasteiger partial charge in [-0.2, -0.15) is 0 Å². The maximum Gasteiger partial charge on any atom is 0.119 e. The van der Waals surface area contributed by atoms with Gasteiger partial charge in [-0.05, 0) is 86.8 Å². The lowest BCUT2D eigenvalue weighted by atomic mass is 9.82. The second kappa shape index (κ2) is 13.1. The first-order valence-electron chi connectivity index (χ1n) is 14.0. The Bertz CT molecular complexity index is 1580. The van der Waals surface area contributed by atoms with Crippen LogP contribution < -0.4 is 14.2 Å². The van der Waals surface area contributed by atoms with Crippen molar-refractivity contribution in [3.63, 3.8) is 0 Å². The fourth-order valence-electron chi connectivity index (χ4n) is 5.09. The van der Waals surface area contributed by atoms with Crippen molar-refractivity contribution < 1.29 is 14.2 Å². The van der Waals surface area contributed by atoms with Crippen LogP contribution in [0.15, 0.2) is 127 Å². The van der Waals surface area contributed by atoms with Crippen LogP contribution in [0.1, 0.15) is 53.1 Å². The number of hydrogen-bond acceptors (Lipinski definition) is 3. The van der Waals surface area contributed by atoms with Gasteiger partial charge in [0, 0.05) is 0 Å². The van der Waals surface area contributed by atoms with Gasteiger partial charge in [-0.3, -0.25) is 0 Å². The van der Waals surface area contributed by atoms with Gasteiger partial charge in [0.1, 0.15) is 23.9 Å². The van der Waals surface area contributed by atoms with E-state index in [0.717, 1.165) is 45.1 Å². The lowest BCUT2D eigenvalue weighted by molar-refractivity contribution is 0.306. The van der Waals surface area contributed by atoms with Gasteiger partial charge in [-0.1, -0.05) is 105 Å². The second-order valence-corrected chi connectivity index (χ2v) is 10.2. The van der Waals surface area contributed by atoms with E-state index in [9.17, 15) is 0 Å². The number of methoxy groups -OCH3 is 2. The van der Waals surface area contributed by atoms with Gasteiger partial charge in [0.15, 0.2) is 0 Å². The van der Waals surface area contributed by atoms with E-state index in [0.29, 0.717) is 12.5 Å². The summed E-state index contributed by atoms with van der Waals surface area (Å²) in [6, 6.07) is 44.0. The molecule has 0 aromatic heterocycles. The third-order valence-corrected chi connectivity index (χ3v) is 7.25. The lowest BCUT2D eigenvalue weighted by Crippen LogP contribution is -2.02. The summed E-state index contributed by atoms with van der Waals surface area (Å²) >= 11 is 0. The molecule has 0 amide bonds. The van der Waals surface area contributed by atoms with Crippen molar-refractivity contribution in [3.05, 3.63) is 161 Å². The van der Waals surface area contributed by atoms with Crippen molar-refractivity contribution >= 4 is 11.1 Å². The van der Waals surface area contributed by atoms with Gasteiger partial charge in [-0.25, -0.2) is 0 Å². The minimum Gasteiger partial charge on any atom is -0.497 e. The highest BCUT2D eigenvalue weighted by Gasteiger charge is 2.20. The van der Waals surface area contributed by atoms with Crippen molar-refractivity contribution in [2.75, 3.05) is 14.2 Å². The summed E-state index contributed by atoms with van der Waals surface area (Å²) in [4.78, 5) is 0. The molecular formula is C38H36O3. The van der Waals surface area contributed by atoms with Crippen LogP contribution in [0, 0.1) is 0 Å². The van der Waals surface area contributed by atoms with Crippen LogP contribution in [0.2, 0.25) is 0 Å². The Morgan fingerprint density at radius 3 is 1.49 bits per heavy atom. The Kier molecular flexibility index (Phi) is 8.85. The molecule has 3 heteroatoms. The van der Waals surface area contributed by atoms with E-state index in [1.54, 1.807) is 14.2 Å². The molecule has 0 fully saturated rings. The summed E-state index contributed by atoms with van der Waals surface area (Å²) in [6.45, 7) is 5.02. The molecule has 0 saturated heterocycles. The normalized spacial score (nSPS) is 11.6. The molecule has 5 aromatic rings. The van der Waals surface area contributed by atoms with Crippen LogP contribution in [0.4, 0.5) is 0 Å². The smallest absolute Gasteiger partial charge is 0.119 e. The van der Waals surface area contributed by atoms with Gasteiger partial charge in [0.05, 0.1) is 14.2 Å². The Balaban J connectivity index is 1.70. The summed E-state index contributed by atoms with van der Waals surface area (Å²) in [5, 5.41) is 0. The van der Waals surface area contributed by atoms with Crippen LogP contribution in [0.3, 0.4) is 0 Å². The zero-order valence-electron chi connectivity index (χ0n) is 24.1. The molecule has 0 aliphatic heterocycles. The summed E-state index contributed by atoms with van der Waals surface area (Å²) in [5.74, 6) is 2.84. The molecule has 0 aliphatic rings. The van der Waals surface area contributed by atoms with Crippen LogP contribution in [-0.4, -0.2) is 14.2 Å². The van der Waals surface area contributed by atoms with Gasteiger partial charge >= 0.3 is 0 Å². The minimum absolute atomic E-state index is 0.352. The highest BCUT2D eigenvalue weighted by Crippen LogP contribution is 2.40. The quantitative estimate of drug-likeness (QED) is 0.165. The predicted molar refractivity (Wildman–Crippen MR) is 169 cm³/mol. The van der Waals surface area contributed by atoms with Crippen LogP contribution >= 0.6 is 0 Å². The predicted octanol–water partition coefficient (Wildman–Crippen LogP) is 9.41. The number of hydrogen-bond donors (Lipinski definition) is 0. The van der Waals surface area contributed by atoms with E-state index in [2.05, 4.69) is 98.8 Å². The highest BCUT2D eigenvalue weighted by atomic mass is 16.5. The summed E-state index contributed by atoms with van der Waals surface area (Å²) < 4.78 is 17.1. The highest BCUT2D eigenvalue weighted by molar-refractivity contribution is 6.05. The third kappa shape index (κ3) is 6.53. The molecule has 5 rings (SSSR count). The summed E-state index contributed by atoms with van der Waals surface area (Å²) in [6.07, 6.45) is 0. The molecule has 5 aromatic carbocycles. The Morgan fingerprint density at radius 1 is 0.512 bits per heavy atom. The molecular weight excluding hydrogens is 504 g/mol. The van der Waals surface area contributed by atoms with Crippen LogP contribution in [0.5, 0.6) is 17.2 Å². The Hall–Kier alpha value is -4.76. The van der Waals surface area contributed by atoms with Gasteiger partial charge in [0.2, 0.25) is 0 Å². The molecule has 206 valence electrons. The molecule has 0 N–H and O–H groups in total. The molecule has 0 bridgehead atoms. The van der Waals surface area contributed by atoms with Gasteiger partial charge < -0.3 is 14.2 Å². The van der Waals surface area contributed by atoms with Gasteiger partial charge in [0.25, 0.3) is 0 Å². The van der Waals surface area contributed by atoms with E-state index in [4.69, 9.17) is 14.2 Å². The molecule has 3 nitrogen and oxygen atoms in total. The number of rotatable bonds is 10. The third-order valence-electron chi connectivity index (χ3n) is 7.25. The molecule has 0 atom stereocenters. The first-order valence-corrected chi connectivity index (χ1v) is 14.0. The first kappa shape index (κ1) is 27.8. The van der Waals surface area contributed by atoms with Crippen molar-refractivity contribution in [2.45, 2.75) is 26.4 Å². The van der Waals surface area contributed by atoms with E-state index in [1.165, 1.54) is 16.7 Å². The maximum atomic E-state index is 6.12. The molecule has 0 radical (unpaired) electrons. The topological polar surface area (TPSA) is 27.7 Å². The minimum atomic E-state index is 0.352. The fourth-order valence-corrected chi connectivity index (χ4v) is 5.09. The lowest BCUT2D eigenvalue weighted by Gasteiger charge is -2.22. The SMILES string of the molecule is COc1ccc(/C(=C(/c2ccc(OC)cc2)c2ccccc2C(C)C)c2ccc(OCc3ccccc3)cc2)cc1. The molecule has 0 aliphatic carbocycles. The molecule has 0 saturated carbocycles. The zero-order chi connectivity index (χ0) is 28.6. The van der Waals surface area contributed by atoms with Crippen molar-refractivity contribution in [2.24, 2.45) is 0 Å². The zero-order valence-corrected chi connectivity index (χ0v) is 24.1. The van der Waals surface area contributed by atoms with E-state index in [1.807, 2.05) is 42.5 Å². The van der Waals surface area contributed by atoms with E-state index < -0.39 is 0 Å². The molecule has 0 heterocycles. The Morgan fingerprint density at radius 2 is 0.976 bits per heavy atom. The molecule has 41 heavy (non-hydrogen) atoms. The average molecular weight is 541 g/mol. The largest absolute Gasteiger partial charge is 0.497 e. The Labute approximate surface area is 243 Å². The van der Waals surface area contributed by atoms with Crippen LogP contribution in [-0.2, 0) is 6.61 Å². The average Bonchev–Trinajstić information content (AvgIpc) is 3.03. The van der Waals surface area contributed by atoms with Crippen molar-refractivity contribution in [1.29, 1.82) is 0 Å². The number of benzene rings is 5.